The van der Waals surface area contributed by atoms with Crippen LogP contribution >= 0.6 is 38.6 Å². The number of anilines is 1. The molecule has 2 aromatic heterocycles. The van der Waals surface area contributed by atoms with E-state index >= 15 is 0 Å². The van der Waals surface area contributed by atoms with Gasteiger partial charge in [-0.2, -0.15) is 0 Å². The fourth-order valence-corrected chi connectivity index (χ4v) is 4.92. The Morgan fingerprint density at radius 2 is 1.59 bits per heavy atom. The van der Waals surface area contributed by atoms with E-state index in [2.05, 4.69) is 36.0 Å². The largest absolute Gasteiger partial charge is 0.476 e. The van der Waals surface area contributed by atoms with Crippen LogP contribution in [0.5, 0.6) is 0 Å². The third kappa shape index (κ3) is 7.89. The number of hydrogen-bond donors (Lipinski definition) is 2. The maximum atomic E-state index is 11.7. The van der Waals surface area contributed by atoms with E-state index in [1.807, 2.05) is 6.92 Å². The van der Waals surface area contributed by atoms with Crippen LogP contribution in [0.25, 0.3) is 10.6 Å². The number of benzene rings is 1. The third-order valence-corrected chi connectivity index (χ3v) is 6.37. The number of methoxy groups -OCH3 is 1. The third-order valence-electron chi connectivity index (χ3n) is 3.93. The molecule has 1 aromatic carbocycles. The first-order valence-electron chi connectivity index (χ1n) is 9.83. The molecule has 0 fully saturated rings. The van der Waals surface area contributed by atoms with E-state index in [1.165, 1.54) is 29.8 Å². The summed E-state index contributed by atoms with van der Waals surface area (Å²) >= 11 is 5.92. The summed E-state index contributed by atoms with van der Waals surface area (Å²) in [5.74, 6) is -1.42. The van der Waals surface area contributed by atoms with Gasteiger partial charge >= 0.3 is 18.0 Å². The highest BCUT2D eigenvalue weighted by atomic mass is 79.9. The van der Waals surface area contributed by atoms with Gasteiger partial charge in [0.25, 0.3) is 0 Å². The number of esters is 1. The Balaban J connectivity index is 0.000000310. The number of hydrogen-bond acceptors (Lipinski definition) is 9. The number of nitrogens with zero attached hydrogens (tertiary/aromatic N) is 2. The van der Waals surface area contributed by atoms with Crippen molar-refractivity contribution in [3.63, 3.8) is 0 Å². The molecule has 0 aliphatic carbocycles. The van der Waals surface area contributed by atoms with Gasteiger partial charge in [-0.25, -0.2) is 24.4 Å². The summed E-state index contributed by atoms with van der Waals surface area (Å²) in [5, 5.41) is 12.3. The van der Waals surface area contributed by atoms with Crippen molar-refractivity contribution < 1.29 is 29.0 Å². The van der Waals surface area contributed by atoms with Crippen LogP contribution in [0.15, 0.2) is 28.2 Å². The number of nitrogens with one attached hydrogen (secondary N) is 1. The molecule has 0 aliphatic heterocycles. The molecule has 0 radical (unpaired) electrons. The van der Waals surface area contributed by atoms with Crippen LogP contribution in [0.2, 0.25) is 0 Å². The number of carbonyl (C=O) groups excluding carboxylic acids is 2. The summed E-state index contributed by atoms with van der Waals surface area (Å²) in [6.45, 7) is 8.93. The molecule has 12 heteroatoms. The van der Waals surface area contributed by atoms with Gasteiger partial charge in [-0.05, 0) is 74.8 Å². The van der Waals surface area contributed by atoms with Crippen LogP contribution < -0.4 is 5.32 Å². The lowest BCUT2D eigenvalue weighted by Gasteiger charge is -2.19. The monoisotopic (exact) mass is 569 g/mol. The Morgan fingerprint density at radius 1 is 1.00 bits per heavy atom. The van der Waals surface area contributed by atoms with Crippen molar-refractivity contribution in [3.05, 3.63) is 49.3 Å². The van der Waals surface area contributed by atoms with Gasteiger partial charge in [0.1, 0.15) is 10.6 Å². The van der Waals surface area contributed by atoms with Gasteiger partial charge in [0, 0.05) is 21.0 Å². The molecule has 182 valence electrons. The van der Waals surface area contributed by atoms with Crippen LogP contribution in [0, 0.1) is 13.8 Å². The van der Waals surface area contributed by atoms with Gasteiger partial charge in [0.15, 0.2) is 15.3 Å². The van der Waals surface area contributed by atoms with Crippen molar-refractivity contribution >= 4 is 62.3 Å². The zero-order chi connectivity index (χ0) is 25.6. The number of carboxylic acids is 1. The Kier molecular flexibility index (Phi) is 9.30. The topological polar surface area (TPSA) is 128 Å². The predicted molar refractivity (Wildman–Crippen MR) is 135 cm³/mol. The van der Waals surface area contributed by atoms with Crippen LogP contribution in [-0.4, -0.2) is 45.8 Å². The van der Waals surface area contributed by atoms with Gasteiger partial charge < -0.3 is 14.6 Å². The molecule has 0 aliphatic rings. The smallest absolute Gasteiger partial charge is 0.412 e. The lowest BCUT2D eigenvalue weighted by molar-refractivity contribution is 0.0591. The molecule has 2 heterocycles. The molecule has 0 bridgehead atoms. The molecule has 1 amide bonds. The van der Waals surface area contributed by atoms with E-state index in [9.17, 15) is 14.4 Å². The van der Waals surface area contributed by atoms with E-state index in [0.717, 1.165) is 10.4 Å². The van der Waals surface area contributed by atoms with Crippen LogP contribution in [0.1, 0.15) is 51.5 Å². The van der Waals surface area contributed by atoms with Gasteiger partial charge in [0.2, 0.25) is 0 Å². The second-order valence-corrected chi connectivity index (χ2v) is 11.5. The molecular weight excluding hydrogens is 546 g/mol. The first-order valence-corrected chi connectivity index (χ1v) is 12.3. The number of aryl methyl sites for hydroxylation is 2. The number of ether oxygens (including phenoxy) is 2. The van der Waals surface area contributed by atoms with E-state index in [4.69, 9.17) is 9.84 Å². The minimum atomic E-state index is -1.03. The predicted octanol–water partition coefficient (Wildman–Crippen LogP) is 6.16. The molecule has 0 unspecified atom stereocenters. The number of carboxylic acid groups (broad SMARTS) is 1. The first-order chi connectivity index (χ1) is 15.8. The second kappa shape index (κ2) is 11.5. The number of rotatable bonds is 4. The van der Waals surface area contributed by atoms with E-state index in [1.54, 1.807) is 52.0 Å². The van der Waals surface area contributed by atoms with E-state index in [-0.39, 0.29) is 11.7 Å². The number of halogens is 1. The first kappa shape index (κ1) is 27.4. The lowest BCUT2D eigenvalue weighted by Crippen LogP contribution is -2.27. The van der Waals surface area contributed by atoms with Gasteiger partial charge in [0.05, 0.1) is 7.11 Å². The summed E-state index contributed by atoms with van der Waals surface area (Å²) in [7, 11) is 1.34. The molecule has 0 spiro atoms. The summed E-state index contributed by atoms with van der Waals surface area (Å²) < 4.78 is 10.4. The molecule has 0 saturated heterocycles. The van der Waals surface area contributed by atoms with Crippen molar-refractivity contribution in [1.29, 1.82) is 0 Å². The fourth-order valence-electron chi connectivity index (χ4n) is 2.49. The standard InChI is InChI=1S/C16H18N2O4S.C6H6BrNO2S/c1-9-12(14(19)20)18-13(23-9)10-5-7-11(8-6-10)17-15(21)22-16(2,3)4;1-3-4(5(9)10-2)8-6(7)11-3/h5-8H,1-4H3,(H,17,21)(H,19,20);1-2H3. The average Bonchev–Trinajstić information content (AvgIpc) is 3.28. The molecule has 34 heavy (non-hydrogen) atoms. The Bertz CT molecular complexity index is 1180. The van der Waals surface area contributed by atoms with E-state index < -0.39 is 17.7 Å². The minimum Gasteiger partial charge on any atom is -0.476 e. The number of amides is 1. The van der Waals surface area contributed by atoms with Crippen LogP contribution in [0.4, 0.5) is 10.5 Å². The molecule has 2 N–H and O–H groups in total. The van der Waals surface area contributed by atoms with Crippen LogP contribution in [0.3, 0.4) is 0 Å². The normalized spacial score (nSPS) is 10.7. The number of carbonyl (C=O) groups is 3. The summed E-state index contributed by atoms with van der Waals surface area (Å²) in [4.78, 5) is 43.3. The SMILES string of the molecule is COC(=O)c1nc(Br)sc1C.Cc1sc(-c2ccc(NC(=O)OC(C)(C)C)cc2)nc1C(=O)O. The van der Waals surface area contributed by atoms with Gasteiger partial charge in [-0.1, -0.05) is 0 Å². The number of thiazole rings is 2. The van der Waals surface area contributed by atoms with Gasteiger partial charge in [-0.3, -0.25) is 5.32 Å². The highest BCUT2D eigenvalue weighted by Gasteiger charge is 2.17. The van der Waals surface area contributed by atoms with E-state index in [0.29, 0.717) is 25.2 Å². The number of aromatic carboxylic acids is 1. The quantitative estimate of drug-likeness (QED) is 0.357. The minimum absolute atomic E-state index is 0.0703. The van der Waals surface area contributed by atoms with Crippen molar-refractivity contribution in [2.75, 3.05) is 12.4 Å². The Labute approximate surface area is 213 Å². The Morgan fingerprint density at radius 3 is 2.03 bits per heavy atom. The molecule has 9 nitrogen and oxygen atoms in total. The maximum Gasteiger partial charge on any atom is 0.412 e. The Hall–Kier alpha value is -2.83. The highest BCUT2D eigenvalue weighted by Crippen LogP contribution is 2.28. The fraction of sp³-hybridized carbons (Fsp3) is 0.318. The van der Waals surface area contributed by atoms with Crippen molar-refractivity contribution in [1.82, 2.24) is 9.97 Å². The highest BCUT2D eigenvalue weighted by molar-refractivity contribution is 9.11. The zero-order valence-electron chi connectivity index (χ0n) is 19.4. The molecule has 0 atom stereocenters. The van der Waals surface area contributed by atoms with Crippen molar-refractivity contribution in [2.45, 2.75) is 40.2 Å². The zero-order valence-corrected chi connectivity index (χ0v) is 22.6. The van der Waals surface area contributed by atoms with Crippen LogP contribution in [-0.2, 0) is 9.47 Å². The summed E-state index contributed by atoms with van der Waals surface area (Å²) in [5.41, 5.74) is 1.29. The molecular formula is C22H24BrN3O6S2. The average molecular weight is 570 g/mol. The van der Waals surface area contributed by atoms with Crippen molar-refractivity contribution in [3.8, 4) is 10.6 Å². The second-order valence-electron chi connectivity index (χ2n) is 7.80. The van der Waals surface area contributed by atoms with Crippen molar-refractivity contribution in [2.24, 2.45) is 0 Å². The van der Waals surface area contributed by atoms with Gasteiger partial charge in [-0.15, -0.1) is 22.7 Å². The summed E-state index contributed by atoms with van der Waals surface area (Å²) in [6, 6.07) is 6.99. The summed E-state index contributed by atoms with van der Waals surface area (Å²) in [6.07, 6.45) is -0.525. The number of aromatic nitrogens is 2. The molecule has 3 rings (SSSR count). The lowest BCUT2D eigenvalue weighted by atomic mass is 10.2. The molecule has 3 aromatic rings. The maximum absolute atomic E-state index is 11.7. The molecule has 0 saturated carbocycles.